The Labute approximate surface area is 556 Å². The third-order valence-electron chi connectivity index (χ3n) is 13.0. The first-order valence-corrected chi connectivity index (χ1v) is 27.7. The van der Waals surface area contributed by atoms with E-state index in [1.807, 2.05) is 6.92 Å². The Morgan fingerprint density at radius 2 is 0.485 bits per heavy atom. The number of benzene rings is 9. The van der Waals surface area contributed by atoms with Crippen molar-refractivity contribution in [3.05, 3.63) is 265 Å². The fourth-order valence-electron chi connectivity index (χ4n) is 8.13. The molecule has 0 saturated carbocycles. The van der Waals surface area contributed by atoms with Gasteiger partial charge in [0.15, 0.2) is 163 Å². The number of rotatable bonds is 11. The number of anilines is 1. The molecular formula is C62H27AlF37NO2. The molecule has 9 aromatic carbocycles. The molecular weight excluding hydrogens is 1520 g/mol. The number of halogens is 37. The zero-order valence-corrected chi connectivity index (χ0v) is 50.6. The molecule has 103 heavy (non-hydrogen) atoms. The van der Waals surface area contributed by atoms with Gasteiger partial charge in [0.1, 0.15) is 0 Å². The minimum absolute atomic E-state index is 0.119. The molecule has 0 bridgehead atoms. The summed E-state index contributed by atoms with van der Waals surface area (Å²) in [5, 5.41) is 0. The van der Waals surface area contributed by atoms with Gasteiger partial charge in [0.2, 0.25) is 23.3 Å². The maximum absolute atomic E-state index is 13.6. The average Bonchev–Trinajstić information content (AvgIpc) is 0.788. The standard InChI is InChI=1S/C14H18F5N.4C12H2F8.Al.H2O.O/c1-2-3-4-8-11-20(12-9-6-5-7-10-12)14(18,19)13(15,16)17;4*13-4-2-1-3(6(14)7(4)15)5-8(16)10(18)12(20)11(19)9(5)17;;;/h5-7,9-10H,2-4,8,11H2,1H3;4*1-2H;;1H2;/q;;;;;+1;;/p-1. The van der Waals surface area contributed by atoms with Crippen LogP contribution in [0.25, 0.3) is 44.5 Å². The van der Waals surface area contributed by atoms with E-state index in [9.17, 15) is 162 Å². The van der Waals surface area contributed by atoms with Crippen molar-refractivity contribution in [3.8, 4) is 44.5 Å². The molecule has 1 N–H and O–H groups in total. The van der Waals surface area contributed by atoms with E-state index in [0.29, 0.717) is 61.4 Å². The molecule has 0 radical (unpaired) electrons. The van der Waals surface area contributed by atoms with Crippen molar-refractivity contribution in [3.63, 3.8) is 0 Å². The predicted octanol–water partition coefficient (Wildman–Crippen LogP) is 22.0. The summed E-state index contributed by atoms with van der Waals surface area (Å²) in [7, 11) is 0. The predicted molar refractivity (Wildman–Crippen MR) is 284 cm³/mol. The molecule has 0 unspecified atom stereocenters. The van der Waals surface area contributed by atoms with Crippen LogP contribution in [0.4, 0.5) is 168 Å². The summed E-state index contributed by atoms with van der Waals surface area (Å²) >= 11 is -1.50. The van der Waals surface area contributed by atoms with Crippen LogP contribution in [-0.2, 0) is 3.80 Å². The van der Waals surface area contributed by atoms with Gasteiger partial charge < -0.3 is 4.90 Å². The first-order valence-electron chi connectivity index (χ1n) is 26.8. The van der Waals surface area contributed by atoms with E-state index in [1.54, 1.807) is 6.07 Å². The van der Waals surface area contributed by atoms with Gasteiger partial charge in [0.05, 0.1) is 22.3 Å². The van der Waals surface area contributed by atoms with Gasteiger partial charge in [-0.05, 0) is 67.1 Å². The molecule has 41 heteroatoms. The summed E-state index contributed by atoms with van der Waals surface area (Å²) in [4.78, 5) is 0.142. The van der Waals surface area contributed by atoms with Gasteiger partial charge in [-0.25, -0.2) is 140 Å². The van der Waals surface area contributed by atoms with Gasteiger partial charge >= 0.3 is 35.7 Å². The molecule has 9 rings (SSSR count). The van der Waals surface area contributed by atoms with E-state index >= 15 is 0 Å². The third-order valence-corrected chi connectivity index (χ3v) is 13.0. The Balaban J connectivity index is 0.000000270. The fourth-order valence-corrected chi connectivity index (χ4v) is 8.13. The van der Waals surface area contributed by atoms with Gasteiger partial charge in [0.25, 0.3) is 0 Å². The van der Waals surface area contributed by atoms with Crippen LogP contribution in [-0.4, -0.2) is 38.4 Å². The van der Waals surface area contributed by atoms with Crippen molar-refractivity contribution in [2.24, 2.45) is 0 Å². The van der Waals surface area contributed by atoms with Gasteiger partial charge in [-0.2, -0.15) is 22.0 Å². The van der Waals surface area contributed by atoms with Gasteiger partial charge in [0, 0.05) is 34.5 Å². The molecule has 0 spiro atoms. The molecule has 0 atom stereocenters. The first-order chi connectivity index (χ1) is 47.8. The van der Waals surface area contributed by atoms with Crippen LogP contribution >= 0.6 is 0 Å². The molecule has 0 aliphatic rings. The summed E-state index contributed by atoms with van der Waals surface area (Å²) in [5.74, 6) is -70.3. The zero-order chi connectivity index (χ0) is 78.7. The number of alkyl halides is 5. The molecule has 554 valence electrons. The van der Waals surface area contributed by atoms with E-state index in [4.69, 9.17) is 7.96 Å². The summed E-state index contributed by atoms with van der Waals surface area (Å²) < 4.78 is 499. The van der Waals surface area contributed by atoms with Crippen LogP contribution in [0.5, 0.6) is 0 Å². The molecule has 3 nitrogen and oxygen atoms in total. The number of para-hydroxylation sites is 1. The molecule has 0 heterocycles. The van der Waals surface area contributed by atoms with Crippen LogP contribution in [0, 0.1) is 186 Å². The topological polar surface area (TPSA) is 40.5 Å². The molecule has 0 amide bonds. The second-order valence-electron chi connectivity index (χ2n) is 19.4. The second kappa shape index (κ2) is 35.5. The van der Waals surface area contributed by atoms with Crippen molar-refractivity contribution >= 4 is 21.2 Å². The van der Waals surface area contributed by atoms with E-state index in [0.717, 1.165) is 12.8 Å². The van der Waals surface area contributed by atoms with Crippen molar-refractivity contribution in [2.75, 3.05) is 11.4 Å². The van der Waals surface area contributed by atoms with Crippen molar-refractivity contribution in [2.45, 2.75) is 44.8 Å². The molecule has 0 aliphatic carbocycles. The Hall–Kier alpha value is -9.68. The summed E-state index contributed by atoms with van der Waals surface area (Å²) in [5.41, 5.74) is -11.9. The van der Waals surface area contributed by atoms with Crippen LogP contribution in [0.3, 0.4) is 0 Å². The van der Waals surface area contributed by atoms with Crippen LogP contribution in [0.15, 0.2) is 78.9 Å². The van der Waals surface area contributed by atoms with E-state index < -0.39 is 258 Å². The summed E-state index contributed by atoms with van der Waals surface area (Å²) in [6, 6.07) is 4.79. The fraction of sp³-hybridized carbons (Fsp3) is 0.129. The normalized spacial score (nSPS) is 11.0. The minimum atomic E-state index is -5.59. The molecule has 9 aromatic rings. The monoisotopic (exact) mass is 1550 g/mol. The number of nitrogens with zero attached hydrogens (tertiary/aromatic N) is 1. The van der Waals surface area contributed by atoms with Gasteiger partial charge in [-0.3, -0.25) is 0 Å². The maximum atomic E-state index is 13.6. The molecule has 0 fully saturated rings. The zero-order valence-electron chi connectivity index (χ0n) is 49.4. The summed E-state index contributed by atoms with van der Waals surface area (Å²) in [6.07, 6.45) is -2.95. The first kappa shape index (κ1) is 85.7. The van der Waals surface area contributed by atoms with Crippen molar-refractivity contribution in [1.29, 1.82) is 0 Å². The van der Waals surface area contributed by atoms with Gasteiger partial charge in [-0.1, -0.05) is 44.4 Å². The van der Waals surface area contributed by atoms with Gasteiger partial charge in [-0.15, -0.1) is 0 Å². The van der Waals surface area contributed by atoms with E-state index in [1.165, 1.54) is 24.3 Å². The Bertz CT molecular complexity index is 4000. The molecule has 0 aliphatic heterocycles. The van der Waals surface area contributed by atoms with Crippen LogP contribution in [0.1, 0.15) is 32.6 Å². The Kier molecular flexibility index (Phi) is 29.5. The molecule has 0 saturated heterocycles. The van der Waals surface area contributed by atoms with Crippen LogP contribution in [0.2, 0.25) is 0 Å². The van der Waals surface area contributed by atoms with E-state index in [2.05, 4.69) is 0 Å². The number of unbranched alkanes of at least 4 members (excludes halogenated alkanes) is 3. The second-order valence-corrected chi connectivity index (χ2v) is 19.6. The van der Waals surface area contributed by atoms with Crippen LogP contribution < -0.4 is 4.90 Å². The SMILES string of the molecule is CCCCCCN(c1ccccc1)C(F)(F)C(F)(F)F.Fc1ccc(-c2c(F)c(F)c(F)c(F)c2F)c(F)c1F.Fc1ccc(-c2c(F)c(F)c(F)c(F)c2F)c(F)c1F.Fc1ccc(-c2c(F)c(F)c(F)c(F)c2F)c(F)c1F.Fc1ccc(-c2c(F)c(F)c(F)c(F)c2F)c(F)c1F.[O]=[Al][OH]. The third kappa shape index (κ3) is 18.2. The average molecular weight is 1550 g/mol. The molecule has 0 aromatic heterocycles. The Morgan fingerprint density at radius 1 is 0.282 bits per heavy atom. The van der Waals surface area contributed by atoms with E-state index in [-0.39, 0.29) is 17.1 Å². The van der Waals surface area contributed by atoms with Crippen molar-refractivity contribution in [1.82, 2.24) is 0 Å². The van der Waals surface area contributed by atoms with Crippen molar-refractivity contribution < 1.29 is 170 Å². The quantitative estimate of drug-likeness (QED) is 0.0350. The number of hydrogen-bond donors (Lipinski definition) is 1. The number of hydrogen-bond acceptors (Lipinski definition) is 2. The Morgan fingerprint density at radius 3 is 0.680 bits per heavy atom. The summed E-state index contributed by atoms with van der Waals surface area (Å²) in [6.45, 7) is 1.62.